The van der Waals surface area contributed by atoms with E-state index in [1.807, 2.05) is 32.9 Å². The number of aromatic hydroxyl groups is 1. The Morgan fingerprint density at radius 2 is 1.84 bits per heavy atom. The molecule has 0 radical (unpaired) electrons. The Morgan fingerprint density at radius 1 is 1.16 bits per heavy atom. The molecule has 1 aromatic heterocycles. The second-order valence-electron chi connectivity index (χ2n) is 4.57. The first-order valence-corrected chi connectivity index (χ1v) is 5.91. The highest BCUT2D eigenvalue weighted by molar-refractivity contribution is 5.92. The first-order valence-electron chi connectivity index (χ1n) is 5.91. The summed E-state index contributed by atoms with van der Waals surface area (Å²) in [5, 5.41) is 18.5. The van der Waals surface area contributed by atoms with E-state index in [0.717, 1.165) is 16.7 Å². The van der Waals surface area contributed by atoms with Gasteiger partial charge in [-0.3, -0.25) is 4.98 Å². The number of aromatic nitrogens is 1. The zero-order valence-corrected chi connectivity index (χ0v) is 11.1. The van der Waals surface area contributed by atoms with Gasteiger partial charge in [-0.25, -0.2) is 4.79 Å². The predicted molar refractivity (Wildman–Crippen MR) is 72.5 cm³/mol. The van der Waals surface area contributed by atoms with E-state index in [-0.39, 0.29) is 11.3 Å². The summed E-state index contributed by atoms with van der Waals surface area (Å²) in [6.45, 7) is 6.03. The van der Waals surface area contributed by atoms with Gasteiger partial charge in [0.25, 0.3) is 0 Å². The Kier molecular flexibility index (Phi) is 3.25. The first kappa shape index (κ1) is 13.1. The Morgan fingerprint density at radius 3 is 2.47 bits per heavy atom. The van der Waals surface area contributed by atoms with Gasteiger partial charge in [0.15, 0.2) is 0 Å². The number of carboxylic acid groups (broad SMARTS) is 1. The maximum absolute atomic E-state index is 11.0. The summed E-state index contributed by atoms with van der Waals surface area (Å²) in [4.78, 5) is 15.1. The third-order valence-electron chi connectivity index (χ3n) is 3.45. The molecule has 0 atom stereocenters. The van der Waals surface area contributed by atoms with Crippen molar-refractivity contribution in [2.45, 2.75) is 20.8 Å². The van der Waals surface area contributed by atoms with Crippen molar-refractivity contribution in [3.63, 3.8) is 0 Å². The highest BCUT2D eigenvalue weighted by Crippen LogP contribution is 2.28. The number of rotatable bonds is 2. The molecule has 0 aliphatic carbocycles. The lowest BCUT2D eigenvalue weighted by atomic mass is 9.96. The smallest absolute Gasteiger partial charge is 0.339 e. The van der Waals surface area contributed by atoms with Gasteiger partial charge in [0.1, 0.15) is 11.3 Å². The van der Waals surface area contributed by atoms with Crippen LogP contribution in [0.4, 0.5) is 0 Å². The van der Waals surface area contributed by atoms with Crippen molar-refractivity contribution in [2.75, 3.05) is 0 Å². The SMILES string of the molecule is Cc1ccc(-c2cc(C(=O)O)c(O)cn2)c(C)c1C. The number of benzene rings is 1. The Hall–Kier alpha value is -2.36. The van der Waals surface area contributed by atoms with Crippen LogP contribution in [0, 0.1) is 20.8 Å². The standard InChI is InChI=1S/C15H15NO3/c1-8-4-5-11(10(3)9(8)2)13-6-12(15(18)19)14(17)7-16-13/h4-7,17H,1-3H3,(H,18,19). The zero-order valence-electron chi connectivity index (χ0n) is 11.1. The van der Waals surface area contributed by atoms with Crippen molar-refractivity contribution in [3.8, 4) is 17.0 Å². The van der Waals surface area contributed by atoms with E-state index < -0.39 is 5.97 Å². The van der Waals surface area contributed by atoms with Gasteiger partial charge < -0.3 is 10.2 Å². The van der Waals surface area contributed by atoms with Crippen LogP contribution < -0.4 is 0 Å². The fourth-order valence-corrected chi connectivity index (χ4v) is 2.00. The number of carboxylic acids is 1. The zero-order chi connectivity index (χ0) is 14.2. The molecule has 0 amide bonds. The van der Waals surface area contributed by atoms with E-state index in [1.54, 1.807) is 0 Å². The molecule has 0 aliphatic rings. The van der Waals surface area contributed by atoms with Crippen LogP contribution in [0.1, 0.15) is 27.0 Å². The van der Waals surface area contributed by atoms with E-state index in [0.29, 0.717) is 5.69 Å². The predicted octanol–water partition coefficient (Wildman–Crippen LogP) is 3.08. The van der Waals surface area contributed by atoms with Crippen LogP contribution in [0.2, 0.25) is 0 Å². The molecule has 0 saturated carbocycles. The minimum absolute atomic E-state index is 0.136. The number of aromatic carboxylic acids is 1. The summed E-state index contributed by atoms with van der Waals surface area (Å²) >= 11 is 0. The van der Waals surface area contributed by atoms with E-state index in [4.69, 9.17) is 5.11 Å². The highest BCUT2D eigenvalue weighted by atomic mass is 16.4. The second-order valence-corrected chi connectivity index (χ2v) is 4.57. The van der Waals surface area contributed by atoms with Gasteiger partial charge in [0.05, 0.1) is 11.9 Å². The minimum atomic E-state index is -1.16. The number of aryl methyl sites for hydroxylation is 1. The largest absolute Gasteiger partial charge is 0.505 e. The molecule has 2 aromatic rings. The van der Waals surface area contributed by atoms with Gasteiger partial charge >= 0.3 is 5.97 Å². The lowest BCUT2D eigenvalue weighted by Crippen LogP contribution is -1.99. The van der Waals surface area contributed by atoms with Gasteiger partial charge in [-0.2, -0.15) is 0 Å². The van der Waals surface area contributed by atoms with Gasteiger partial charge in [-0.05, 0) is 43.5 Å². The quantitative estimate of drug-likeness (QED) is 0.867. The average Bonchev–Trinajstić information content (AvgIpc) is 2.37. The maximum Gasteiger partial charge on any atom is 0.339 e. The second kappa shape index (κ2) is 4.72. The molecule has 0 bridgehead atoms. The molecule has 98 valence electrons. The molecule has 0 spiro atoms. The topological polar surface area (TPSA) is 70.4 Å². The third kappa shape index (κ3) is 2.29. The normalized spacial score (nSPS) is 10.5. The molecule has 0 saturated heterocycles. The summed E-state index contributed by atoms with van der Waals surface area (Å²) in [7, 11) is 0. The van der Waals surface area contributed by atoms with Crippen LogP contribution in [-0.2, 0) is 0 Å². The molecule has 2 N–H and O–H groups in total. The van der Waals surface area contributed by atoms with Crippen molar-refractivity contribution in [3.05, 3.63) is 46.6 Å². The molecule has 2 rings (SSSR count). The van der Waals surface area contributed by atoms with Crippen LogP contribution >= 0.6 is 0 Å². The molecule has 4 nitrogen and oxygen atoms in total. The van der Waals surface area contributed by atoms with Crippen molar-refractivity contribution >= 4 is 5.97 Å². The molecule has 0 fully saturated rings. The lowest BCUT2D eigenvalue weighted by Gasteiger charge is -2.11. The maximum atomic E-state index is 11.0. The molecule has 1 heterocycles. The number of carbonyl (C=O) groups is 1. The third-order valence-corrected chi connectivity index (χ3v) is 3.45. The molecule has 1 aromatic carbocycles. The number of nitrogens with zero attached hydrogens (tertiary/aromatic N) is 1. The molecular formula is C15H15NO3. The minimum Gasteiger partial charge on any atom is -0.505 e. The lowest BCUT2D eigenvalue weighted by molar-refractivity contribution is 0.0693. The Bertz CT molecular complexity index is 663. The first-order chi connectivity index (χ1) is 8.91. The molecule has 0 unspecified atom stereocenters. The Labute approximate surface area is 111 Å². The van der Waals surface area contributed by atoms with Gasteiger partial charge in [0, 0.05) is 5.56 Å². The van der Waals surface area contributed by atoms with Crippen LogP contribution in [0.25, 0.3) is 11.3 Å². The average molecular weight is 257 g/mol. The molecule has 19 heavy (non-hydrogen) atoms. The molecule has 4 heteroatoms. The summed E-state index contributed by atoms with van der Waals surface area (Å²) in [6, 6.07) is 5.30. The number of hydrogen-bond donors (Lipinski definition) is 2. The van der Waals surface area contributed by atoms with E-state index in [2.05, 4.69) is 4.98 Å². The summed E-state index contributed by atoms with van der Waals surface area (Å²) in [5.41, 5.74) is 4.70. The van der Waals surface area contributed by atoms with E-state index >= 15 is 0 Å². The van der Waals surface area contributed by atoms with Crippen molar-refractivity contribution in [2.24, 2.45) is 0 Å². The number of hydrogen-bond acceptors (Lipinski definition) is 3. The van der Waals surface area contributed by atoms with Gasteiger partial charge in [-0.1, -0.05) is 12.1 Å². The molecular weight excluding hydrogens is 242 g/mol. The van der Waals surface area contributed by atoms with Gasteiger partial charge in [0.2, 0.25) is 0 Å². The summed E-state index contributed by atoms with van der Waals surface area (Å²) in [5.74, 6) is -1.49. The highest BCUT2D eigenvalue weighted by Gasteiger charge is 2.14. The van der Waals surface area contributed by atoms with Crippen LogP contribution in [0.3, 0.4) is 0 Å². The monoisotopic (exact) mass is 257 g/mol. The van der Waals surface area contributed by atoms with Gasteiger partial charge in [-0.15, -0.1) is 0 Å². The van der Waals surface area contributed by atoms with E-state index in [9.17, 15) is 9.90 Å². The fourth-order valence-electron chi connectivity index (χ4n) is 2.00. The Balaban J connectivity index is 2.63. The fraction of sp³-hybridized carbons (Fsp3) is 0.200. The van der Waals surface area contributed by atoms with Crippen LogP contribution in [-0.4, -0.2) is 21.2 Å². The summed E-state index contributed by atoms with van der Waals surface area (Å²) < 4.78 is 0. The van der Waals surface area contributed by atoms with Crippen LogP contribution in [0.15, 0.2) is 24.4 Å². The number of pyridine rings is 1. The van der Waals surface area contributed by atoms with Crippen LogP contribution in [0.5, 0.6) is 5.75 Å². The van der Waals surface area contributed by atoms with E-state index in [1.165, 1.54) is 17.8 Å². The van der Waals surface area contributed by atoms with Crippen molar-refractivity contribution < 1.29 is 15.0 Å². The summed E-state index contributed by atoms with van der Waals surface area (Å²) in [6.07, 6.45) is 1.17. The van der Waals surface area contributed by atoms with Crippen molar-refractivity contribution in [1.29, 1.82) is 0 Å². The molecule has 0 aliphatic heterocycles. The van der Waals surface area contributed by atoms with Crippen molar-refractivity contribution in [1.82, 2.24) is 4.98 Å².